The standard InChI is InChI=1S/C26H29N7O.ClH/c1-31-24-20(11-19(13-29-24)26(34)32-10-7-17-6-9-27-21(17)15-32)30-25(31)22-12-18-3-2-8-28-23(18)33(22)14-16-4-5-16;/h2-3,8,11-13,16-17,21,27H,4-7,9-10,14-15H2,1H3;1H/t17-,21+;/m1./s1. The summed E-state index contributed by atoms with van der Waals surface area (Å²) < 4.78 is 4.34. The first-order valence-corrected chi connectivity index (χ1v) is 12.5. The number of aromatic nitrogens is 5. The maximum Gasteiger partial charge on any atom is 0.255 e. The highest BCUT2D eigenvalue weighted by molar-refractivity contribution is 5.97. The zero-order chi connectivity index (χ0) is 22.8. The molecule has 3 aliphatic rings. The monoisotopic (exact) mass is 491 g/mol. The predicted octanol–water partition coefficient (Wildman–Crippen LogP) is 3.64. The van der Waals surface area contributed by atoms with Crippen molar-refractivity contribution in [2.24, 2.45) is 18.9 Å². The molecule has 8 nitrogen and oxygen atoms in total. The Kier molecular flexibility index (Phi) is 5.53. The first-order chi connectivity index (χ1) is 16.7. The Bertz CT molecular complexity index is 1420. The van der Waals surface area contributed by atoms with E-state index in [2.05, 4.69) is 32.0 Å². The first-order valence-electron chi connectivity index (χ1n) is 12.5. The van der Waals surface area contributed by atoms with Crippen LogP contribution in [-0.2, 0) is 13.6 Å². The minimum atomic E-state index is 0. The van der Waals surface area contributed by atoms with E-state index in [-0.39, 0.29) is 18.3 Å². The minimum absolute atomic E-state index is 0. The van der Waals surface area contributed by atoms with Gasteiger partial charge in [0.15, 0.2) is 11.5 Å². The highest BCUT2D eigenvalue weighted by Gasteiger charge is 2.35. The van der Waals surface area contributed by atoms with Gasteiger partial charge in [0.25, 0.3) is 5.91 Å². The third-order valence-corrected chi connectivity index (χ3v) is 7.94. The van der Waals surface area contributed by atoms with Crippen LogP contribution in [0, 0.1) is 11.8 Å². The van der Waals surface area contributed by atoms with Crippen LogP contribution in [0.25, 0.3) is 33.7 Å². The fourth-order valence-corrected chi connectivity index (χ4v) is 5.84. The number of nitrogens with zero attached hydrogens (tertiary/aromatic N) is 6. The predicted molar refractivity (Wildman–Crippen MR) is 138 cm³/mol. The van der Waals surface area contributed by atoms with Crippen LogP contribution in [0.5, 0.6) is 0 Å². The van der Waals surface area contributed by atoms with Crippen molar-refractivity contribution in [3.05, 3.63) is 42.2 Å². The lowest BCUT2D eigenvalue weighted by Crippen LogP contribution is -2.48. The summed E-state index contributed by atoms with van der Waals surface area (Å²) in [4.78, 5) is 29.6. The van der Waals surface area contributed by atoms with Gasteiger partial charge in [-0.2, -0.15) is 0 Å². The Morgan fingerprint density at radius 2 is 2.03 bits per heavy atom. The van der Waals surface area contributed by atoms with Crippen molar-refractivity contribution in [2.45, 2.75) is 38.3 Å². The van der Waals surface area contributed by atoms with Crippen molar-refractivity contribution in [3.8, 4) is 11.5 Å². The zero-order valence-electron chi connectivity index (χ0n) is 19.9. The lowest BCUT2D eigenvalue weighted by molar-refractivity contribution is 0.0669. The van der Waals surface area contributed by atoms with Crippen LogP contribution in [0.4, 0.5) is 0 Å². The molecule has 4 aromatic heterocycles. The second-order valence-corrected chi connectivity index (χ2v) is 10.2. The largest absolute Gasteiger partial charge is 0.337 e. The van der Waals surface area contributed by atoms with Crippen molar-refractivity contribution in [3.63, 3.8) is 0 Å². The number of piperidine rings is 1. The van der Waals surface area contributed by atoms with E-state index in [0.717, 1.165) is 66.3 Å². The van der Waals surface area contributed by atoms with Crippen LogP contribution in [0.1, 0.15) is 36.0 Å². The number of pyridine rings is 2. The van der Waals surface area contributed by atoms with E-state index < -0.39 is 0 Å². The molecule has 6 heterocycles. The summed E-state index contributed by atoms with van der Waals surface area (Å²) in [5.41, 5.74) is 4.23. The minimum Gasteiger partial charge on any atom is -0.337 e. The average molecular weight is 492 g/mol. The Balaban J connectivity index is 0.00000229. The lowest BCUT2D eigenvalue weighted by Gasteiger charge is -2.34. The van der Waals surface area contributed by atoms with E-state index in [4.69, 9.17) is 4.98 Å². The third-order valence-electron chi connectivity index (χ3n) is 7.94. The summed E-state index contributed by atoms with van der Waals surface area (Å²) in [5, 5.41) is 4.68. The smallest absolute Gasteiger partial charge is 0.255 e. The number of carbonyl (C=O) groups excluding carboxylic acids is 1. The first kappa shape index (κ1) is 22.5. The van der Waals surface area contributed by atoms with Gasteiger partial charge in [-0.3, -0.25) is 4.79 Å². The van der Waals surface area contributed by atoms with Crippen molar-refractivity contribution in [1.82, 2.24) is 34.3 Å². The molecule has 0 aromatic carbocycles. The van der Waals surface area contributed by atoms with E-state index in [1.807, 2.05) is 34.8 Å². The molecule has 2 saturated heterocycles. The molecule has 1 amide bonds. The molecule has 3 fully saturated rings. The van der Waals surface area contributed by atoms with Gasteiger partial charge in [0, 0.05) is 50.5 Å². The molecule has 0 spiro atoms. The topological polar surface area (TPSA) is 80.9 Å². The van der Waals surface area contributed by atoms with Gasteiger partial charge in [0.1, 0.15) is 11.2 Å². The SMILES string of the molecule is Cl.Cn1c(-c2cc3cccnc3n2CC2CC2)nc2cc(C(=O)N3CC[C@H]4CCN[C@H]4C3)cnc21. The number of hydrogen-bond donors (Lipinski definition) is 1. The highest BCUT2D eigenvalue weighted by atomic mass is 35.5. The molecule has 1 N–H and O–H groups in total. The number of rotatable bonds is 4. The van der Waals surface area contributed by atoms with E-state index in [0.29, 0.717) is 23.4 Å². The molecule has 1 saturated carbocycles. The highest BCUT2D eigenvalue weighted by Crippen LogP contribution is 2.36. The van der Waals surface area contributed by atoms with Gasteiger partial charge in [-0.05, 0) is 68.3 Å². The van der Waals surface area contributed by atoms with Crippen molar-refractivity contribution in [2.75, 3.05) is 19.6 Å². The van der Waals surface area contributed by atoms with Gasteiger partial charge in [-0.25, -0.2) is 15.0 Å². The van der Waals surface area contributed by atoms with E-state index in [1.165, 1.54) is 19.3 Å². The molecule has 1 aliphatic carbocycles. The second kappa shape index (κ2) is 8.60. The van der Waals surface area contributed by atoms with Crippen LogP contribution >= 0.6 is 12.4 Å². The van der Waals surface area contributed by atoms with Crippen LogP contribution in [0.2, 0.25) is 0 Å². The summed E-state index contributed by atoms with van der Waals surface area (Å²) in [6, 6.07) is 8.60. The van der Waals surface area contributed by atoms with Crippen LogP contribution in [0.3, 0.4) is 0 Å². The zero-order valence-corrected chi connectivity index (χ0v) is 20.7. The van der Waals surface area contributed by atoms with Crippen LogP contribution in [-0.4, -0.2) is 60.6 Å². The maximum atomic E-state index is 13.3. The summed E-state index contributed by atoms with van der Waals surface area (Å²) >= 11 is 0. The number of likely N-dealkylation sites (tertiary alicyclic amines) is 1. The van der Waals surface area contributed by atoms with Crippen molar-refractivity contribution >= 4 is 40.5 Å². The molecular weight excluding hydrogens is 462 g/mol. The molecule has 35 heavy (non-hydrogen) atoms. The molecule has 4 aromatic rings. The van der Waals surface area contributed by atoms with Crippen LogP contribution < -0.4 is 5.32 Å². The number of carbonyl (C=O) groups is 1. The summed E-state index contributed by atoms with van der Waals surface area (Å²) in [6.45, 7) is 3.63. The van der Waals surface area contributed by atoms with Gasteiger partial charge in [-0.15, -0.1) is 12.4 Å². The fourth-order valence-electron chi connectivity index (χ4n) is 5.84. The average Bonchev–Trinajstić information content (AvgIpc) is 3.29. The normalized spacial score (nSPS) is 21.9. The van der Waals surface area contributed by atoms with Gasteiger partial charge in [-0.1, -0.05) is 0 Å². The molecule has 0 radical (unpaired) electrons. The number of nitrogens with one attached hydrogen (secondary N) is 1. The van der Waals surface area contributed by atoms with Gasteiger partial charge >= 0.3 is 0 Å². The number of amides is 1. The van der Waals surface area contributed by atoms with Crippen molar-refractivity contribution < 1.29 is 4.79 Å². The molecule has 0 unspecified atom stereocenters. The van der Waals surface area contributed by atoms with E-state index >= 15 is 0 Å². The number of aryl methyl sites for hydroxylation is 1. The molecule has 2 atom stereocenters. The van der Waals surface area contributed by atoms with Crippen LogP contribution in [0.15, 0.2) is 36.7 Å². The summed E-state index contributed by atoms with van der Waals surface area (Å²) in [5.74, 6) is 2.34. The van der Waals surface area contributed by atoms with E-state index in [9.17, 15) is 4.79 Å². The van der Waals surface area contributed by atoms with Gasteiger partial charge in [0.05, 0.1) is 11.3 Å². The molecule has 9 heteroatoms. The molecule has 2 aliphatic heterocycles. The molecule has 182 valence electrons. The van der Waals surface area contributed by atoms with Crippen molar-refractivity contribution in [1.29, 1.82) is 0 Å². The Labute approximate surface area is 210 Å². The Morgan fingerprint density at radius 1 is 1.14 bits per heavy atom. The summed E-state index contributed by atoms with van der Waals surface area (Å²) in [7, 11) is 2.00. The molecule has 0 bridgehead atoms. The number of imidazole rings is 1. The Morgan fingerprint density at radius 3 is 2.89 bits per heavy atom. The van der Waals surface area contributed by atoms with Gasteiger partial charge in [0.2, 0.25) is 0 Å². The fraction of sp³-hybridized carbons (Fsp3) is 0.462. The Hall–Kier alpha value is -2.97. The third kappa shape index (κ3) is 3.79. The van der Waals surface area contributed by atoms with E-state index in [1.54, 1.807) is 6.20 Å². The summed E-state index contributed by atoms with van der Waals surface area (Å²) in [6.07, 6.45) is 8.42. The molecular formula is C26H30ClN7O. The number of halogens is 1. The second-order valence-electron chi connectivity index (χ2n) is 10.2. The number of fused-ring (bicyclic) bond motifs is 3. The lowest BCUT2D eigenvalue weighted by atomic mass is 9.92. The maximum absolute atomic E-state index is 13.3. The quantitative estimate of drug-likeness (QED) is 0.471. The van der Waals surface area contributed by atoms with Gasteiger partial charge < -0.3 is 19.4 Å². The number of hydrogen-bond acceptors (Lipinski definition) is 5. The molecule has 7 rings (SSSR count).